The van der Waals surface area contributed by atoms with E-state index in [9.17, 15) is 4.79 Å². The van der Waals surface area contributed by atoms with Crippen molar-refractivity contribution in [3.8, 4) is 5.75 Å². The first-order valence-corrected chi connectivity index (χ1v) is 7.22. The third-order valence-corrected chi connectivity index (χ3v) is 3.60. The van der Waals surface area contributed by atoms with Crippen molar-refractivity contribution in [3.63, 3.8) is 0 Å². The molecular formula is C17H22N2O2. The molecule has 4 nitrogen and oxygen atoms in total. The van der Waals surface area contributed by atoms with Crippen LogP contribution in [0, 0.1) is 5.92 Å². The van der Waals surface area contributed by atoms with Gasteiger partial charge in [0.05, 0.1) is 13.0 Å². The Kier molecular flexibility index (Phi) is 5.17. The van der Waals surface area contributed by atoms with E-state index >= 15 is 0 Å². The Morgan fingerprint density at radius 1 is 1.24 bits per heavy atom. The Labute approximate surface area is 125 Å². The average molecular weight is 286 g/mol. The molecule has 1 atom stereocenters. The number of hydrogen-bond donors (Lipinski definition) is 2. The highest BCUT2D eigenvalue weighted by molar-refractivity contribution is 5.85. The van der Waals surface area contributed by atoms with E-state index < -0.39 is 0 Å². The lowest BCUT2D eigenvalue weighted by Gasteiger charge is -2.14. The molecule has 0 aliphatic carbocycles. The lowest BCUT2D eigenvalue weighted by atomic mass is 9.96. The SMILES string of the molecule is CCNC(=O)C(CN)Cc1ccc2cc(OC)ccc2c1. The van der Waals surface area contributed by atoms with Gasteiger partial charge in [0.25, 0.3) is 0 Å². The highest BCUT2D eigenvalue weighted by Crippen LogP contribution is 2.23. The van der Waals surface area contributed by atoms with E-state index in [0.717, 1.165) is 22.1 Å². The fraction of sp³-hybridized carbons (Fsp3) is 0.353. The van der Waals surface area contributed by atoms with Gasteiger partial charge in [-0.2, -0.15) is 0 Å². The Balaban J connectivity index is 2.20. The molecule has 21 heavy (non-hydrogen) atoms. The zero-order valence-corrected chi connectivity index (χ0v) is 12.6. The smallest absolute Gasteiger partial charge is 0.224 e. The minimum absolute atomic E-state index is 0.0230. The van der Waals surface area contributed by atoms with Gasteiger partial charge in [-0.05, 0) is 41.8 Å². The van der Waals surface area contributed by atoms with E-state index in [0.29, 0.717) is 19.5 Å². The molecule has 0 aliphatic rings. The molecule has 1 amide bonds. The van der Waals surface area contributed by atoms with E-state index in [4.69, 9.17) is 10.5 Å². The van der Waals surface area contributed by atoms with Crippen LogP contribution in [0.4, 0.5) is 0 Å². The van der Waals surface area contributed by atoms with Crippen LogP contribution in [0.3, 0.4) is 0 Å². The van der Waals surface area contributed by atoms with Gasteiger partial charge in [-0.15, -0.1) is 0 Å². The van der Waals surface area contributed by atoms with E-state index in [2.05, 4.69) is 17.4 Å². The van der Waals surface area contributed by atoms with Gasteiger partial charge in [-0.25, -0.2) is 0 Å². The molecular weight excluding hydrogens is 264 g/mol. The number of carbonyl (C=O) groups is 1. The molecule has 2 aromatic rings. The van der Waals surface area contributed by atoms with Crippen LogP contribution in [0.15, 0.2) is 36.4 Å². The zero-order chi connectivity index (χ0) is 15.2. The summed E-state index contributed by atoms with van der Waals surface area (Å²) in [5.74, 6) is 0.688. The number of nitrogens with two attached hydrogens (primary N) is 1. The Bertz CT molecular complexity index is 625. The molecule has 112 valence electrons. The number of amides is 1. The maximum absolute atomic E-state index is 11.9. The van der Waals surface area contributed by atoms with Crippen molar-refractivity contribution in [2.24, 2.45) is 11.7 Å². The van der Waals surface area contributed by atoms with E-state index in [1.165, 1.54) is 0 Å². The fourth-order valence-corrected chi connectivity index (χ4v) is 2.41. The van der Waals surface area contributed by atoms with Crippen LogP contribution in [-0.4, -0.2) is 26.1 Å². The second-order valence-electron chi connectivity index (χ2n) is 5.08. The third-order valence-electron chi connectivity index (χ3n) is 3.60. The van der Waals surface area contributed by atoms with Crippen LogP contribution in [0.25, 0.3) is 10.8 Å². The molecule has 0 heterocycles. The zero-order valence-electron chi connectivity index (χ0n) is 12.6. The second-order valence-corrected chi connectivity index (χ2v) is 5.08. The molecule has 4 heteroatoms. The Morgan fingerprint density at radius 3 is 2.62 bits per heavy atom. The lowest BCUT2D eigenvalue weighted by molar-refractivity contribution is -0.124. The maximum atomic E-state index is 11.9. The predicted octanol–water partition coefficient (Wildman–Crippen LogP) is 2.10. The number of hydrogen-bond acceptors (Lipinski definition) is 3. The van der Waals surface area contributed by atoms with E-state index in [-0.39, 0.29) is 11.8 Å². The van der Waals surface area contributed by atoms with Gasteiger partial charge < -0.3 is 15.8 Å². The standard InChI is InChI=1S/C17H22N2O2/c1-3-19-17(20)15(11-18)9-12-4-5-14-10-16(21-2)7-6-13(14)8-12/h4-8,10,15H,3,9,11,18H2,1-2H3,(H,19,20). The number of benzene rings is 2. The van der Waals surface area contributed by atoms with Gasteiger partial charge in [-0.3, -0.25) is 4.79 Å². The first-order valence-electron chi connectivity index (χ1n) is 7.22. The van der Waals surface area contributed by atoms with E-state index in [1.54, 1.807) is 7.11 Å². The van der Waals surface area contributed by atoms with E-state index in [1.807, 2.05) is 31.2 Å². The molecule has 0 bridgehead atoms. The predicted molar refractivity (Wildman–Crippen MR) is 85.4 cm³/mol. The summed E-state index contributed by atoms with van der Waals surface area (Å²) >= 11 is 0. The number of methoxy groups -OCH3 is 1. The number of fused-ring (bicyclic) bond motifs is 1. The summed E-state index contributed by atoms with van der Waals surface area (Å²) in [4.78, 5) is 11.9. The molecule has 0 aliphatic heterocycles. The van der Waals surface area contributed by atoms with Gasteiger partial charge in [0.15, 0.2) is 0 Å². The van der Waals surface area contributed by atoms with Crippen molar-refractivity contribution in [3.05, 3.63) is 42.0 Å². The molecule has 3 N–H and O–H groups in total. The molecule has 2 rings (SSSR count). The van der Waals surface area contributed by atoms with Crippen molar-refractivity contribution < 1.29 is 9.53 Å². The first-order chi connectivity index (χ1) is 10.2. The minimum Gasteiger partial charge on any atom is -0.497 e. The molecule has 0 spiro atoms. The molecule has 0 saturated heterocycles. The summed E-state index contributed by atoms with van der Waals surface area (Å²) in [6.45, 7) is 2.90. The summed E-state index contributed by atoms with van der Waals surface area (Å²) in [7, 11) is 1.66. The average Bonchev–Trinajstić information content (AvgIpc) is 2.52. The van der Waals surface area contributed by atoms with Crippen LogP contribution >= 0.6 is 0 Å². The molecule has 0 aromatic heterocycles. The topological polar surface area (TPSA) is 64.4 Å². The van der Waals surface area contributed by atoms with Crippen LogP contribution < -0.4 is 15.8 Å². The highest BCUT2D eigenvalue weighted by atomic mass is 16.5. The fourth-order valence-electron chi connectivity index (χ4n) is 2.41. The molecule has 0 fully saturated rings. The first kappa shape index (κ1) is 15.3. The Hall–Kier alpha value is -2.07. The van der Waals surface area contributed by atoms with Gasteiger partial charge in [0, 0.05) is 13.1 Å². The minimum atomic E-state index is -0.180. The summed E-state index contributed by atoms with van der Waals surface area (Å²) < 4.78 is 5.22. The molecule has 2 aromatic carbocycles. The van der Waals surface area contributed by atoms with Crippen molar-refractivity contribution in [2.75, 3.05) is 20.2 Å². The van der Waals surface area contributed by atoms with Crippen LogP contribution in [0.5, 0.6) is 5.75 Å². The molecule has 0 radical (unpaired) electrons. The number of nitrogens with one attached hydrogen (secondary N) is 1. The number of carbonyl (C=O) groups excluding carboxylic acids is 1. The van der Waals surface area contributed by atoms with Crippen LogP contribution in [0.1, 0.15) is 12.5 Å². The third kappa shape index (κ3) is 3.73. The molecule has 0 saturated carbocycles. The lowest BCUT2D eigenvalue weighted by Crippen LogP contribution is -2.36. The molecule has 1 unspecified atom stereocenters. The number of rotatable bonds is 6. The van der Waals surface area contributed by atoms with Gasteiger partial charge >= 0.3 is 0 Å². The summed E-state index contributed by atoms with van der Waals surface area (Å²) in [6.07, 6.45) is 0.657. The van der Waals surface area contributed by atoms with Crippen LogP contribution in [0.2, 0.25) is 0 Å². The van der Waals surface area contributed by atoms with Crippen molar-refractivity contribution in [2.45, 2.75) is 13.3 Å². The van der Waals surface area contributed by atoms with Crippen molar-refractivity contribution in [1.82, 2.24) is 5.32 Å². The van der Waals surface area contributed by atoms with Gasteiger partial charge in [-0.1, -0.05) is 24.3 Å². The van der Waals surface area contributed by atoms with Gasteiger partial charge in [0.2, 0.25) is 5.91 Å². The monoisotopic (exact) mass is 286 g/mol. The maximum Gasteiger partial charge on any atom is 0.224 e. The normalized spacial score (nSPS) is 12.1. The number of ether oxygens (including phenoxy) is 1. The highest BCUT2D eigenvalue weighted by Gasteiger charge is 2.16. The summed E-state index contributed by atoms with van der Waals surface area (Å²) in [5.41, 5.74) is 6.84. The second kappa shape index (κ2) is 7.09. The summed E-state index contributed by atoms with van der Waals surface area (Å²) in [5, 5.41) is 5.10. The van der Waals surface area contributed by atoms with Crippen molar-refractivity contribution in [1.29, 1.82) is 0 Å². The largest absolute Gasteiger partial charge is 0.497 e. The van der Waals surface area contributed by atoms with Crippen molar-refractivity contribution >= 4 is 16.7 Å². The summed E-state index contributed by atoms with van der Waals surface area (Å²) in [6, 6.07) is 12.2. The van der Waals surface area contributed by atoms with Crippen LogP contribution in [-0.2, 0) is 11.2 Å². The quantitative estimate of drug-likeness (QED) is 0.854. The van der Waals surface area contributed by atoms with Gasteiger partial charge in [0.1, 0.15) is 5.75 Å². The Morgan fingerprint density at radius 2 is 1.95 bits per heavy atom.